The van der Waals surface area contributed by atoms with E-state index in [1.807, 2.05) is 0 Å². The number of aliphatic hydroxyl groups is 1. The number of rotatable bonds is 4. The standard InChI is InChI=1S/C18H18F3N3O2S/c1-26-15-12(19)5-9(6-13(15)27-2)14-11-3-4-18(20,21)16(11)23-17(22-14)24-7-10(25)8-24/h5-6,10,25H,3-4,7-8H2,1-2H3. The Bertz CT molecular complexity index is 904. The Morgan fingerprint density at radius 3 is 2.67 bits per heavy atom. The normalized spacial score (nSPS) is 18.4. The molecule has 0 amide bonds. The van der Waals surface area contributed by atoms with Gasteiger partial charge in [0.25, 0.3) is 5.92 Å². The number of nitrogens with zero attached hydrogens (tertiary/aromatic N) is 3. The van der Waals surface area contributed by atoms with Gasteiger partial charge in [-0.1, -0.05) is 0 Å². The number of anilines is 1. The summed E-state index contributed by atoms with van der Waals surface area (Å²) in [6.07, 6.45) is 1.05. The monoisotopic (exact) mass is 397 g/mol. The fourth-order valence-electron chi connectivity index (χ4n) is 3.47. The Hall–Kier alpha value is -2.00. The largest absolute Gasteiger partial charge is 0.492 e. The average molecular weight is 397 g/mol. The number of alkyl halides is 2. The lowest BCUT2D eigenvalue weighted by Crippen LogP contribution is -2.51. The van der Waals surface area contributed by atoms with Gasteiger partial charge in [0.1, 0.15) is 5.69 Å². The van der Waals surface area contributed by atoms with Crippen LogP contribution in [0.2, 0.25) is 0 Å². The zero-order valence-corrected chi connectivity index (χ0v) is 15.6. The number of benzene rings is 1. The summed E-state index contributed by atoms with van der Waals surface area (Å²) >= 11 is 1.30. The summed E-state index contributed by atoms with van der Waals surface area (Å²) in [4.78, 5) is 10.7. The lowest BCUT2D eigenvalue weighted by Gasteiger charge is -2.36. The molecule has 2 aliphatic rings. The first-order valence-electron chi connectivity index (χ1n) is 8.48. The second-order valence-corrected chi connectivity index (χ2v) is 7.50. The van der Waals surface area contributed by atoms with Crippen molar-refractivity contribution in [1.29, 1.82) is 0 Å². The van der Waals surface area contributed by atoms with Crippen LogP contribution in [0.1, 0.15) is 17.7 Å². The molecule has 0 atom stereocenters. The summed E-state index contributed by atoms with van der Waals surface area (Å²) < 4.78 is 48.3. The third-order valence-electron chi connectivity index (χ3n) is 4.88. The zero-order valence-electron chi connectivity index (χ0n) is 14.8. The highest BCUT2D eigenvalue weighted by Crippen LogP contribution is 2.45. The van der Waals surface area contributed by atoms with E-state index in [0.717, 1.165) is 0 Å². The fourth-order valence-corrected chi connectivity index (χ4v) is 4.08. The summed E-state index contributed by atoms with van der Waals surface area (Å²) in [5.74, 6) is -3.36. The van der Waals surface area contributed by atoms with E-state index in [1.165, 1.54) is 24.9 Å². The maximum absolute atomic E-state index is 14.5. The van der Waals surface area contributed by atoms with Crippen LogP contribution in [0.3, 0.4) is 0 Å². The van der Waals surface area contributed by atoms with E-state index < -0.39 is 17.8 Å². The van der Waals surface area contributed by atoms with Crippen molar-refractivity contribution in [2.45, 2.75) is 29.8 Å². The number of halogens is 3. The van der Waals surface area contributed by atoms with Gasteiger partial charge in [-0.3, -0.25) is 0 Å². The van der Waals surface area contributed by atoms with Crippen LogP contribution in [0.4, 0.5) is 19.1 Å². The van der Waals surface area contributed by atoms with Crippen molar-refractivity contribution < 1.29 is 23.0 Å². The van der Waals surface area contributed by atoms with E-state index in [-0.39, 0.29) is 43.3 Å². The van der Waals surface area contributed by atoms with Gasteiger partial charge in [0.2, 0.25) is 5.95 Å². The third kappa shape index (κ3) is 3.02. The van der Waals surface area contributed by atoms with E-state index in [9.17, 15) is 18.3 Å². The lowest BCUT2D eigenvalue weighted by atomic mass is 10.0. The second-order valence-electron chi connectivity index (χ2n) is 6.66. The molecule has 0 unspecified atom stereocenters. The number of aromatic nitrogens is 2. The average Bonchev–Trinajstić information content (AvgIpc) is 2.92. The second kappa shape index (κ2) is 6.56. The molecular weight excluding hydrogens is 379 g/mol. The minimum absolute atomic E-state index is 0.119. The number of hydrogen-bond donors (Lipinski definition) is 1. The molecule has 144 valence electrons. The number of methoxy groups -OCH3 is 1. The van der Waals surface area contributed by atoms with Gasteiger partial charge in [0.15, 0.2) is 11.6 Å². The van der Waals surface area contributed by atoms with Gasteiger partial charge in [0, 0.05) is 30.6 Å². The van der Waals surface area contributed by atoms with Crippen LogP contribution in [0, 0.1) is 5.82 Å². The number of thioether (sulfide) groups is 1. The van der Waals surface area contributed by atoms with Crippen LogP contribution in [0.15, 0.2) is 17.0 Å². The number of ether oxygens (including phenoxy) is 1. The Labute approximate surface area is 158 Å². The summed E-state index contributed by atoms with van der Waals surface area (Å²) in [6.45, 7) is 0.577. The topological polar surface area (TPSA) is 58.5 Å². The Morgan fingerprint density at radius 2 is 2.04 bits per heavy atom. The molecular formula is C18H18F3N3O2S. The molecule has 2 aromatic rings. The predicted octanol–water partition coefficient (Wildman–Crippen LogP) is 3.23. The maximum atomic E-state index is 14.5. The third-order valence-corrected chi connectivity index (χ3v) is 5.63. The molecule has 0 bridgehead atoms. The summed E-state index contributed by atoms with van der Waals surface area (Å²) in [5.41, 5.74) is 0.772. The summed E-state index contributed by atoms with van der Waals surface area (Å²) in [7, 11) is 1.38. The molecule has 0 radical (unpaired) electrons. The van der Waals surface area contributed by atoms with Crippen molar-refractivity contribution in [2.75, 3.05) is 31.4 Å². The van der Waals surface area contributed by atoms with Gasteiger partial charge >= 0.3 is 0 Å². The van der Waals surface area contributed by atoms with Gasteiger partial charge in [0.05, 0.1) is 23.8 Å². The van der Waals surface area contributed by atoms with Crippen LogP contribution >= 0.6 is 11.8 Å². The van der Waals surface area contributed by atoms with Crippen molar-refractivity contribution in [2.24, 2.45) is 0 Å². The Morgan fingerprint density at radius 1 is 1.30 bits per heavy atom. The molecule has 1 aromatic heterocycles. The smallest absolute Gasteiger partial charge is 0.290 e. The molecule has 4 rings (SSSR count). The van der Waals surface area contributed by atoms with Crippen molar-refractivity contribution in [3.8, 4) is 17.0 Å². The van der Waals surface area contributed by atoms with E-state index in [2.05, 4.69) is 9.97 Å². The SMILES string of the molecule is COc1c(F)cc(-c2nc(N3CC(O)C3)nc3c2CCC3(F)F)cc1SC. The molecule has 1 fully saturated rings. The molecule has 1 aromatic carbocycles. The predicted molar refractivity (Wildman–Crippen MR) is 96.2 cm³/mol. The molecule has 1 aliphatic heterocycles. The van der Waals surface area contributed by atoms with Crippen LogP contribution in [0.5, 0.6) is 5.75 Å². The van der Waals surface area contributed by atoms with Crippen LogP contribution in [-0.2, 0) is 12.3 Å². The van der Waals surface area contributed by atoms with E-state index in [0.29, 0.717) is 21.7 Å². The van der Waals surface area contributed by atoms with Gasteiger partial charge < -0.3 is 14.7 Å². The Balaban J connectivity index is 1.89. The highest BCUT2D eigenvalue weighted by atomic mass is 32.2. The highest BCUT2D eigenvalue weighted by molar-refractivity contribution is 7.98. The van der Waals surface area contributed by atoms with Gasteiger partial charge in [-0.2, -0.15) is 8.78 Å². The number of hydrogen-bond acceptors (Lipinski definition) is 6. The number of aliphatic hydroxyl groups excluding tert-OH is 1. The molecule has 1 aliphatic carbocycles. The fraction of sp³-hybridized carbons (Fsp3) is 0.444. The van der Waals surface area contributed by atoms with Crippen molar-refractivity contribution in [3.63, 3.8) is 0 Å². The van der Waals surface area contributed by atoms with Crippen molar-refractivity contribution in [1.82, 2.24) is 9.97 Å². The van der Waals surface area contributed by atoms with Crippen LogP contribution in [-0.4, -0.2) is 47.6 Å². The summed E-state index contributed by atoms with van der Waals surface area (Å²) in [6, 6.07) is 2.95. The van der Waals surface area contributed by atoms with E-state index in [4.69, 9.17) is 4.74 Å². The summed E-state index contributed by atoms with van der Waals surface area (Å²) in [5, 5.41) is 9.51. The molecule has 1 saturated heterocycles. The van der Waals surface area contributed by atoms with Crippen LogP contribution < -0.4 is 9.64 Å². The number of fused-ring (bicyclic) bond motifs is 1. The first-order valence-corrected chi connectivity index (χ1v) is 9.70. The number of β-amino-alcohol motifs (C(OH)–C–C–N with tert-alkyl or cyclic N) is 1. The first-order chi connectivity index (χ1) is 12.8. The van der Waals surface area contributed by atoms with Gasteiger partial charge in [-0.15, -0.1) is 11.8 Å². The van der Waals surface area contributed by atoms with Gasteiger partial charge in [-0.25, -0.2) is 14.4 Å². The molecule has 1 N–H and O–H groups in total. The highest BCUT2D eigenvalue weighted by Gasteiger charge is 2.44. The van der Waals surface area contributed by atoms with Crippen molar-refractivity contribution >= 4 is 17.7 Å². The molecule has 27 heavy (non-hydrogen) atoms. The minimum atomic E-state index is -3.04. The van der Waals surface area contributed by atoms with E-state index >= 15 is 0 Å². The van der Waals surface area contributed by atoms with Crippen LogP contribution in [0.25, 0.3) is 11.3 Å². The maximum Gasteiger partial charge on any atom is 0.290 e. The molecule has 9 heteroatoms. The minimum Gasteiger partial charge on any atom is -0.492 e. The lowest BCUT2D eigenvalue weighted by molar-refractivity contribution is -0.00596. The van der Waals surface area contributed by atoms with E-state index in [1.54, 1.807) is 17.2 Å². The molecule has 5 nitrogen and oxygen atoms in total. The first kappa shape index (κ1) is 18.4. The molecule has 0 spiro atoms. The molecule has 2 heterocycles. The Kier molecular flexibility index (Phi) is 4.46. The zero-order chi connectivity index (χ0) is 19.3. The van der Waals surface area contributed by atoms with Gasteiger partial charge in [-0.05, 0) is 24.8 Å². The van der Waals surface area contributed by atoms with Crippen molar-refractivity contribution in [3.05, 3.63) is 29.2 Å². The quantitative estimate of drug-likeness (QED) is 0.800. The molecule has 0 saturated carbocycles.